The van der Waals surface area contributed by atoms with Crippen LogP contribution in [-0.4, -0.2) is 42.9 Å². The molecule has 0 saturated heterocycles. The number of nitrogens with zero attached hydrogens (tertiary/aromatic N) is 1. The highest BCUT2D eigenvalue weighted by Crippen LogP contribution is 2.18. The maximum absolute atomic E-state index is 7.00. The molecular formula is C21H48NO+. The van der Waals surface area contributed by atoms with Gasteiger partial charge in [-0.25, -0.2) is 0 Å². The summed E-state index contributed by atoms with van der Waals surface area (Å²) in [6.45, 7) is 15.1. The zero-order chi connectivity index (χ0) is 17.8. The maximum Gasteiger partial charge on any atom is 0.0786 e. The van der Waals surface area contributed by atoms with Gasteiger partial charge in [-0.1, -0.05) is 53.4 Å². The molecule has 0 aliphatic heterocycles. The third-order valence-electron chi connectivity index (χ3n) is 4.94. The van der Waals surface area contributed by atoms with Crippen molar-refractivity contribution in [3.05, 3.63) is 0 Å². The molecule has 0 rings (SSSR count). The first kappa shape index (κ1) is 25.2. The molecule has 2 nitrogen and oxygen atoms in total. The van der Waals surface area contributed by atoms with Crippen LogP contribution in [0.2, 0.25) is 0 Å². The van der Waals surface area contributed by atoms with Gasteiger partial charge < -0.3 is 9.59 Å². The Morgan fingerprint density at radius 1 is 0.435 bits per heavy atom. The van der Waals surface area contributed by atoms with Crippen LogP contribution in [0.1, 0.15) is 105 Å². The second-order valence-electron chi connectivity index (χ2n) is 7.06. The minimum Gasteiger partial charge on any atom is -0.400 e. The molecule has 0 aliphatic rings. The van der Waals surface area contributed by atoms with Gasteiger partial charge in [0, 0.05) is 7.11 Å². The molecule has 1 N–H and O–H groups in total. The molecule has 0 saturated carbocycles. The van der Waals surface area contributed by atoms with E-state index in [0.29, 0.717) is 0 Å². The van der Waals surface area contributed by atoms with Gasteiger partial charge in [-0.15, -0.1) is 0 Å². The van der Waals surface area contributed by atoms with E-state index in [2.05, 4.69) is 27.7 Å². The molecule has 0 fully saturated rings. The molecule has 0 heterocycles. The van der Waals surface area contributed by atoms with Crippen LogP contribution < -0.4 is 0 Å². The van der Waals surface area contributed by atoms with Crippen LogP contribution in [-0.2, 0) is 0 Å². The molecule has 0 bridgehead atoms. The van der Waals surface area contributed by atoms with Gasteiger partial charge in [0.05, 0.1) is 26.2 Å². The van der Waals surface area contributed by atoms with Crippen LogP contribution in [0.25, 0.3) is 0 Å². The largest absolute Gasteiger partial charge is 0.400 e. The number of aliphatic hydroxyl groups excluding tert-OH is 1. The predicted molar refractivity (Wildman–Crippen MR) is 106 cm³/mol. The highest BCUT2D eigenvalue weighted by atomic mass is 16.2. The van der Waals surface area contributed by atoms with Crippen LogP contribution in [0.15, 0.2) is 0 Å². The number of hydrogen-bond donors (Lipinski definition) is 1. The van der Waals surface area contributed by atoms with E-state index in [0.717, 1.165) is 7.11 Å². The van der Waals surface area contributed by atoms with Crippen LogP contribution in [0.3, 0.4) is 0 Å². The number of quaternary nitrogens is 1. The van der Waals surface area contributed by atoms with Gasteiger partial charge in [0.25, 0.3) is 0 Å². The van der Waals surface area contributed by atoms with Gasteiger partial charge >= 0.3 is 0 Å². The van der Waals surface area contributed by atoms with E-state index < -0.39 is 0 Å². The van der Waals surface area contributed by atoms with Crippen LogP contribution in [0.5, 0.6) is 0 Å². The van der Waals surface area contributed by atoms with Crippen LogP contribution in [0.4, 0.5) is 0 Å². The topological polar surface area (TPSA) is 20.2 Å². The summed E-state index contributed by atoms with van der Waals surface area (Å²) in [6, 6.07) is 0. The standard InChI is InChI=1S/C20H44N.CH4O/c1-5-9-13-17-21(18-14-10-6-2,19-15-11-7-3)20-16-12-8-4;1-2/h5-20H2,1-4H3;2H,1H3/q+1;. The average Bonchev–Trinajstić information content (AvgIpc) is 2.57. The van der Waals surface area contributed by atoms with Crippen molar-refractivity contribution in [3.8, 4) is 0 Å². The van der Waals surface area contributed by atoms with E-state index in [-0.39, 0.29) is 0 Å². The monoisotopic (exact) mass is 330 g/mol. The second kappa shape index (κ2) is 20.0. The summed E-state index contributed by atoms with van der Waals surface area (Å²) in [5, 5.41) is 7.00. The summed E-state index contributed by atoms with van der Waals surface area (Å²) in [4.78, 5) is 0. The molecule has 23 heavy (non-hydrogen) atoms. The Kier molecular flexibility index (Phi) is 21.8. The SMILES string of the molecule is CCCCC[N+](CCCCC)(CCCCC)CCCCC.CO. The summed E-state index contributed by atoms with van der Waals surface area (Å²) >= 11 is 0. The lowest BCUT2D eigenvalue weighted by Crippen LogP contribution is -2.50. The van der Waals surface area contributed by atoms with Crippen molar-refractivity contribution in [2.24, 2.45) is 0 Å². The van der Waals surface area contributed by atoms with Crippen molar-refractivity contribution < 1.29 is 9.59 Å². The zero-order valence-corrected chi connectivity index (χ0v) is 17.2. The summed E-state index contributed by atoms with van der Waals surface area (Å²) in [5.41, 5.74) is 0. The molecule has 0 aliphatic carbocycles. The number of hydrogen-bond acceptors (Lipinski definition) is 1. The zero-order valence-electron chi connectivity index (χ0n) is 17.2. The fraction of sp³-hybridized carbons (Fsp3) is 1.00. The van der Waals surface area contributed by atoms with E-state index in [1.54, 1.807) is 0 Å². The Morgan fingerprint density at radius 3 is 0.826 bits per heavy atom. The molecule has 2 heteroatoms. The van der Waals surface area contributed by atoms with E-state index in [1.165, 1.54) is 108 Å². The molecule has 0 atom stereocenters. The highest BCUT2D eigenvalue weighted by molar-refractivity contribution is 4.51. The van der Waals surface area contributed by atoms with Gasteiger partial charge in [-0.05, 0) is 51.4 Å². The smallest absolute Gasteiger partial charge is 0.0786 e. The quantitative estimate of drug-likeness (QED) is 0.265. The maximum atomic E-state index is 7.00. The Bertz CT molecular complexity index is 161. The summed E-state index contributed by atoms with van der Waals surface area (Å²) in [6.07, 6.45) is 16.9. The van der Waals surface area contributed by atoms with Gasteiger partial charge in [0.1, 0.15) is 0 Å². The van der Waals surface area contributed by atoms with Gasteiger partial charge in [0.15, 0.2) is 0 Å². The molecule has 0 aromatic carbocycles. The van der Waals surface area contributed by atoms with E-state index in [9.17, 15) is 0 Å². The lowest BCUT2D eigenvalue weighted by Gasteiger charge is -2.39. The Labute approximate surface area is 148 Å². The fourth-order valence-electron chi connectivity index (χ4n) is 3.46. The molecule has 142 valence electrons. The minimum absolute atomic E-state index is 1.00. The number of aliphatic hydroxyl groups is 1. The van der Waals surface area contributed by atoms with Gasteiger partial charge in [-0.2, -0.15) is 0 Å². The first-order valence-electron chi connectivity index (χ1n) is 10.5. The van der Waals surface area contributed by atoms with Crippen molar-refractivity contribution in [2.45, 2.75) is 105 Å². The van der Waals surface area contributed by atoms with Crippen LogP contribution in [0, 0.1) is 0 Å². The third kappa shape index (κ3) is 15.2. The molecule has 0 spiro atoms. The van der Waals surface area contributed by atoms with Crippen molar-refractivity contribution >= 4 is 0 Å². The van der Waals surface area contributed by atoms with Crippen LogP contribution >= 0.6 is 0 Å². The molecule has 0 unspecified atom stereocenters. The lowest BCUT2D eigenvalue weighted by atomic mass is 10.1. The minimum atomic E-state index is 1.00. The van der Waals surface area contributed by atoms with E-state index in [1.807, 2.05) is 0 Å². The molecule has 0 aromatic rings. The first-order chi connectivity index (χ1) is 11.2. The van der Waals surface area contributed by atoms with Crippen molar-refractivity contribution in [2.75, 3.05) is 33.3 Å². The summed E-state index contributed by atoms with van der Waals surface area (Å²) < 4.78 is 1.44. The van der Waals surface area contributed by atoms with E-state index in [4.69, 9.17) is 5.11 Å². The van der Waals surface area contributed by atoms with Gasteiger partial charge in [0.2, 0.25) is 0 Å². The molecular weight excluding hydrogens is 282 g/mol. The number of rotatable bonds is 16. The fourth-order valence-corrected chi connectivity index (χ4v) is 3.46. The Morgan fingerprint density at radius 2 is 0.652 bits per heavy atom. The van der Waals surface area contributed by atoms with Gasteiger partial charge in [-0.3, -0.25) is 0 Å². The highest BCUT2D eigenvalue weighted by Gasteiger charge is 2.25. The molecule has 0 radical (unpaired) electrons. The Hall–Kier alpha value is -0.0800. The second-order valence-corrected chi connectivity index (χ2v) is 7.06. The van der Waals surface area contributed by atoms with Crippen molar-refractivity contribution in [1.29, 1.82) is 0 Å². The van der Waals surface area contributed by atoms with Crippen molar-refractivity contribution in [3.63, 3.8) is 0 Å². The summed E-state index contributed by atoms with van der Waals surface area (Å²) in [7, 11) is 1.00. The van der Waals surface area contributed by atoms with Crippen molar-refractivity contribution in [1.82, 2.24) is 0 Å². The predicted octanol–water partition coefficient (Wildman–Crippen LogP) is 6.17. The number of unbranched alkanes of at least 4 members (excludes halogenated alkanes) is 8. The normalized spacial score (nSPS) is 11.2. The third-order valence-corrected chi connectivity index (χ3v) is 4.94. The van der Waals surface area contributed by atoms with E-state index >= 15 is 0 Å². The molecule has 0 amide bonds. The average molecular weight is 331 g/mol. The molecule has 0 aromatic heterocycles. The lowest BCUT2D eigenvalue weighted by molar-refractivity contribution is -0.929. The summed E-state index contributed by atoms with van der Waals surface area (Å²) in [5.74, 6) is 0. The first-order valence-corrected chi connectivity index (χ1v) is 10.5. The Balaban J connectivity index is 0.